The van der Waals surface area contributed by atoms with Crippen LogP contribution >= 0.6 is 0 Å². The van der Waals surface area contributed by atoms with E-state index < -0.39 is 22.6 Å². The summed E-state index contributed by atoms with van der Waals surface area (Å²) in [5.74, 6) is -0.425. The van der Waals surface area contributed by atoms with E-state index in [0.29, 0.717) is 0 Å². The van der Waals surface area contributed by atoms with Gasteiger partial charge in [0.2, 0.25) is 0 Å². The molecule has 7 heteroatoms. The number of hydrogen-bond donors (Lipinski definition) is 1. The molecule has 0 aliphatic rings. The predicted octanol–water partition coefficient (Wildman–Crippen LogP) is 0.153. The molecule has 0 bridgehead atoms. The highest BCUT2D eigenvalue weighted by molar-refractivity contribution is 5.81. The minimum Gasteiger partial charge on any atom is -0.507 e. The van der Waals surface area contributed by atoms with Crippen LogP contribution in [0.2, 0.25) is 0 Å². The lowest BCUT2D eigenvalue weighted by Gasteiger charge is -2.15. The number of aryl methyl sites for hydroxylation is 1. The molecule has 0 spiro atoms. The molecule has 0 saturated carbocycles. The van der Waals surface area contributed by atoms with Gasteiger partial charge < -0.3 is 5.11 Å². The Bertz CT molecular complexity index is 1070. The standard InChI is InChI=1S/C16H15N3O4/c1-17-14-13(15(22)18(2)16(17)23)11(20)8-12(21)19(14)9-10-6-4-3-5-7-10/h3-8,20H,9H2,1-2H3. The summed E-state index contributed by atoms with van der Waals surface area (Å²) in [5.41, 5.74) is -0.736. The van der Waals surface area contributed by atoms with Crippen molar-refractivity contribution in [3.05, 3.63) is 73.2 Å². The molecule has 0 amide bonds. The molecule has 0 unspecified atom stereocenters. The summed E-state index contributed by atoms with van der Waals surface area (Å²) >= 11 is 0. The Morgan fingerprint density at radius 2 is 1.65 bits per heavy atom. The summed E-state index contributed by atoms with van der Waals surface area (Å²) in [6, 6.07) is 10.2. The third-order valence-corrected chi connectivity index (χ3v) is 3.86. The molecule has 0 aliphatic carbocycles. The van der Waals surface area contributed by atoms with Crippen molar-refractivity contribution < 1.29 is 5.11 Å². The summed E-state index contributed by atoms with van der Waals surface area (Å²) in [4.78, 5) is 36.8. The van der Waals surface area contributed by atoms with E-state index in [1.54, 1.807) is 0 Å². The van der Waals surface area contributed by atoms with Crippen LogP contribution in [0, 0.1) is 0 Å². The Morgan fingerprint density at radius 1 is 1.00 bits per heavy atom. The van der Waals surface area contributed by atoms with Crippen LogP contribution in [0.1, 0.15) is 5.56 Å². The molecule has 1 aromatic carbocycles. The van der Waals surface area contributed by atoms with Crippen LogP contribution in [0.4, 0.5) is 0 Å². The van der Waals surface area contributed by atoms with E-state index in [-0.39, 0.29) is 17.6 Å². The van der Waals surface area contributed by atoms with E-state index in [1.807, 2.05) is 30.3 Å². The van der Waals surface area contributed by atoms with E-state index in [9.17, 15) is 19.5 Å². The summed E-state index contributed by atoms with van der Waals surface area (Å²) in [6.45, 7) is 0.191. The largest absolute Gasteiger partial charge is 0.507 e. The number of benzene rings is 1. The topological polar surface area (TPSA) is 86.2 Å². The molecule has 0 radical (unpaired) electrons. The Morgan fingerprint density at radius 3 is 2.30 bits per heavy atom. The molecule has 2 heterocycles. The number of fused-ring (bicyclic) bond motifs is 1. The van der Waals surface area contributed by atoms with Crippen LogP contribution in [0.15, 0.2) is 50.8 Å². The smallest absolute Gasteiger partial charge is 0.332 e. The second-order valence-corrected chi connectivity index (χ2v) is 5.34. The molecule has 7 nitrogen and oxygen atoms in total. The molecule has 1 N–H and O–H groups in total. The van der Waals surface area contributed by atoms with Crippen molar-refractivity contribution >= 4 is 11.0 Å². The lowest BCUT2D eigenvalue weighted by molar-refractivity contribution is 0.476. The average molecular weight is 313 g/mol. The van der Waals surface area contributed by atoms with Gasteiger partial charge in [-0.15, -0.1) is 0 Å². The summed E-state index contributed by atoms with van der Waals surface area (Å²) in [7, 11) is 2.79. The Balaban J connectivity index is 2.46. The molecule has 0 aliphatic heterocycles. The van der Waals surface area contributed by atoms with Crippen LogP contribution in [0.3, 0.4) is 0 Å². The first-order valence-electron chi connectivity index (χ1n) is 6.98. The van der Waals surface area contributed by atoms with Gasteiger partial charge in [-0.2, -0.15) is 0 Å². The van der Waals surface area contributed by atoms with Gasteiger partial charge in [0.05, 0.1) is 6.54 Å². The summed E-state index contributed by atoms with van der Waals surface area (Å²) in [5, 5.41) is 9.97. The van der Waals surface area contributed by atoms with Crippen molar-refractivity contribution in [1.82, 2.24) is 13.7 Å². The molecule has 2 aromatic heterocycles. The van der Waals surface area contributed by atoms with Crippen molar-refractivity contribution in [2.75, 3.05) is 0 Å². The van der Waals surface area contributed by atoms with Crippen LogP contribution in [-0.4, -0.2) is 18.8 Å². The highest BCUT2D eigenvalue weighted by Crippen LogP contribution is 2.18. The van der Waals surface area contributed by atoms with Crippen LogP contribution in [-0.2, 0) is 20.6 Å². The van der Waals surface area contributed by atoms with Gasteiger partial charge in [0.15, 0.2) is 0 Å². The van der Waals surface area contributed by atoms with Crippen molar-refractivity contribution in [3.8, 4) is 5.75 Å². The zero-order valence-corrected chi connectivity index (χ0v) is 12.7. The fraction of sp³-hybridized carbons (Fsp3) is 0.188. The van der Waals surface area contributed by atoms with Crippen molar-refractivity contribution in [2.24, 2.45) is 14.1 Å². The van der Waals surface area contributed by atoms with E-state index >= 15 is 0 Å². The third-order valence-electron chi connectivity index (χ3n) is 3.86. The molecular weight excluding hydrogens is 298 g/mol. The van der Waals surface area contributed by atoms with Gasteiger partial charge in [0, 0.05) is 20.2 Å². The maximum atomic E-state index is 12.3. The van der Waals surface area contributed by atoms with Crippen LogP contribution in [0.25, 0.3) is 11.0 Å². The first kappa shape index (κ1) is 14.8. The first-order valence-corrected chi connectivity index (χ1v) is 6.98. The van der Waals surface area contributed by atoms with E-state index in [2.05, 4.69) is 0 Å². The SMILES string of the molecule is Cn1c(=O)c2c(O)cc(=O)n(Cc3ccccc3)c2n(C)c1=O. The molecule has 118 valence electrons. The second kappa shape index (κ2) is 5.28. The molecule has 0 atom stereocenters. The van der Waals surface area contributed by atoms with Gasteiger partial charge in [-0.05, 0) is 5.56 Å². The highest BCUT2D eigenvalue weighted by Gasteiger charge is 2.17. The van der Waals surface area contributed by atoms with Crippen LogP contribution < -0.4 is 16.8 Å². The third kappa shape index (κ3) is 2.26. The van der Waals surface area contributed by atoms with Crippen molar-refractivity contribution in [3.63, 3.8) is 0 Å². The molecule has 23 heavy (non-hydrogen) atoms. The number of hydrogen-bond acceptors (Lipinski definition) is 4. The van der Waals surface area contributed by atoms with Crippen LogP contribution in [0.5, 0.6) is 5.75 Å². The predicted molar refractivity (Wildman–Crippen MR) is 85.9 cm³/mol. The number of nitrogens with zero attached hydrogens (tertiary/aromatic N) is 3. The summed E-state index contributed by atoms with van der Waals surface area (Å²) < 4.78 is 3.41. The second-order valence-electron chi connectivity index (χ2n) is 5.34. The lowest BCUT2D eigenvalue weighted by atomic mass is 10.2. The zero-order valence-electron chi connectivity index (χ0n) is 12.7. The monoisotopic (exact) mass is 313 g/mol. The number of aromatic nitrogens is 3. The van der Waals surface area contributed by atoms with Gasteiger partial charge in [0.25, 0.3) is 11.1 Å². The number of pyridine rings is 1. The molecule has 3 rings (SSSR count). The minimum atomic E-state index is -0.637. The Kier molecular flexibility index (Phi) is 3.40. The summed E-state index contributed by atoms with van der Waals surface area (Å²) in [6.07, 6.45) is 0. The van der Waals surface area contributed by atoms with Gasteiger partial charge in [-0.25, -0.2) is 4.79 Å². The number of rotatable bonds is 2. The van der Waals surface area contributed by atoms with Gasteiger partial charge in [-0.1, -0.05) is 30.3 Å². The van der Waals surface area contributed by atoms with Gasteiger partial charge >= 0.3 is 5.69 Å². The fourth-order valence-electron chi connectivity index (χ4n) is 2.66. The minimum absolute atomic E-state index is 0.0508. The Labute approximate surface area is 130 Å². The highest BCUT2D eigenvalue weighted by atomic mass is 16.3. The Hall–Kier alpha value is -3.09. The average Bonchev–Trinajstić information content (AvgIpc) is 2.54. The van der Waals surface area contributed by atoms with E-state index in [4.69, 9.17) is 0 Å². The number of aromatic hydroxyl groups is 1. The maximum absolute atomic E-state index is 12.3. The maximum Gasteiger partial charge on any atom is 0.332 e. The normalized spacial score (nSPS) is 11.0. The molecule has 0 saturated heterocycles. The van der Waals surface area contributed by atoms with Crippen molar-refractivity contribution in [1.29, 1.82) is 0 Å². The molecule has 0 fully saturated rings. The first-order chi connectivity index (χ1) is 10.9. The molecular formula is C16H15N3O4. The quantitative estimate of drug-likeness (QED) is 0.730. The lowest BCUT2D eigenvalue weighted by Crippen LogP contribution is -2.39. The van der Waals surface area contributed by atoms with Gasteiger partial charge in [0.1, 0.15) is 16.8 Å². The van der Waals surface area contributed by atoms with Crippen molar-refractivity contribution in [2.45, 2.75) is 6.54 Å². The fourth-order valence-corrected chi connectivity index (χ4v) is 2.66. The zero-order chi connectivity index (χ0) is 16.7. The van der Waals surface area contributed by atoms with E-state index in [0.717, 1.165) is 16.2 Å². The van der Waals surface area contributed by atoms with E-state index in [1.165, 1.54) is 23.2 Å². The van der Waals surface area contributed by atoms with Gasteiger partial charge in [-0.3, -0.25) is 23.3 Å². The molecule has 3 aromatic rings.